The van der Waals surface area contributed by atoms with E-state index in [1.807, 2.05) is 27.7 Å². The molecule has 1 aliphatic heterocycles. The third-order valence-corrected chi connectivity index (χ3v) is 5.07. The molecule has 8 heteroatoms. The lowest BCUT2D eigenvalue weighted by Crippen LogP contribution is -2.31. The number of halogens is 1. The molecule has 0 bridgehead atoms. The summed E-state index contributed by atoms with van der Waals surface area (Å²) in [6, 6.07) is 3.84. The fourth-order valence-corrected chi connectivity index (χ4v) is 3.75. The Morgan fingerprint density at radius 1 is 1.28 bits per heavy atom. The van der Waals surface area contributed by atoms with Crippen molar-refractivity contribution in [3.05, 3.63) is 42.0 Å². The zero-order chi connectivity index (χ0) is 17.5. The van der Waals surface area contributed by atoms with Gasteiger partial charge < -0.3 is 4.90 Å². The molecular weight excluding hydrogens is 358 g/mol. The summed E-state index contributed by atoms with van der Waals surface area (Å²) < 4.78 is 1.97. The van der Waals surface area contributed by atoms with Crippen LogP contribution in [0, 0.1) is 0 Å². The minimum atomic E-state index is 0.192. The monoisotopic (exact) mass is 377 g/mol. The molecule has 0 atom stereocenters. The largest absolute Gasteiger partial charge is 0.335 e. The van der Waals surface area contributed by atoms with E-state index in [0.717, 1.165) is 42.5 Å². The molecule has 0 N–H and O–H groups in total. The van der Waals surface area contributed by atoms with Gasteiger partial charge in [0.25, 0.3) is 0 Å². The van der Waals surface area contributed by atoms with E-state index in [4.69, 9.17) is 11.6 Å². The molecule has 0 aromatic carbocycles. The van der Waals surface area contributed by atoms with Crippen molar-refractivity contribution in [2.75, 3.05) is 12.3 Å². The van der Waals surface area contributed by atoms with Crippen molar-refractivity contribution in [1.29, 1.82) is 0 Å². The van der Waals surface area contributed by atoms with Crippen LogP contribution in [-0.4, -0.2) is 42.9 Å². The number of carbonyl (C=O) groups is 1. The van der Waals surface area contributed by atoms with Gasteiger partial charge >= 0.3 is 0 Å². The van der Waals surface area contributed by atoms with Crippen LogP contribution in [0.3, 0.4) is 0 Å². The molecule has 1 amide bonds. The Morgan fingerprint density at radius 3 is 3.00 bits per heavy atom. The zero-order valence-corrected chi connectivity index (χ0v) is 15.4. The van der Waals surface area contributed by atoms with Gasteiger partial charge in [-0.05, 0) is 25.0 Å². The third kappa shape index (κ3) is 4.61. The van der Waals surface area contributed by atoms with Gasteiger partial charge in [0.05, 0.1) is 18.4 Å². The smallest absolute Gasteiger partial charge is 0.222 e. The lowest BCUT2D eigenvalue weighted by molar-refractivity contribution is -0.131. The van der Waals surface area contributed by atoms with Crippen molar-refractivity contribution in [3.63, 3.8) is 0 Å². The van der Waals surface area contributed by atoms with Crippen LogP contribution in [0.25, 0.3) is 5.69 Å². The molecular formula is C17H20ClN5OS. The van der Waals surface area contributed by atoms with E-state index in [1.54, 1.807) is 24.2 Å². The van der Waals surface area contributed by atoms with Gasteiger partial charge in [0, 0.05) is 30.5 Å². The minimum absolute atomic E-state index is 0.192. The molecule has 1 fully saturated rings. The quantitative estimate of drug-likeness (QED) is 0.722. The second-order valence-corrected chi connectivity index (χ2v) is 6.98. The number of aromatic nitrogens is 4. The lowest BCUT2D eigenvalue weighted by atomic mass is 10.2. The molecule has 0 saturated carbocycles. The van der Waals surface area contributed by atoms with Crippen LogP contribution >= 0.6 is 23.4 Å². The first-order valence-electron chi connectivity index (χ1n) is 8.30. The lowest BCUT2D eigenvalue weighted by Gasteiger charge is -2.20. The summed E-state index contributed by atoms with van der Waals surface area (Å²) in [6.07, 6.45) is 9.08. The Bertz CT molecular complexity index is 734. The average Bonchev–Trinajstić information content (AvgIpc) is 2.92. The first kappa shape index (κ1) is 17.9. The fourth-order valence-electron chi connectivity index (χ4n) is 2.78. The van der Waals surface area contributed by atoms with Gasteiger partial charge in [-0.2, -0.15) is 0 Å². The van der Waals surface area contributed by atoms with Crippen molar-refractivity contribution < 1.29 is 4.79 Å². The van der Waals surface area contributed by atoms with E-state index in [2.05, 4.69) is 15.2 Å². The molecule has 0 unspecified atom stereocenters. The number of rotatable bonds is 6. The maximum Gasteiger partial charge on any atom is 0.222 e. The van der Waals surface area contributed by atoms with Gasteiger partial charge in [0.1, 0.15) is 0 Å². The van der Waals surface area contributed by atoms with Crippen LogP contribution in [0.15, 0.2) is 41.3 Å². The summed E-state index contributed by atoms with van der Waals surface area (Å²) in [7, 11) is 0. The van der Waals surface area contributed by atoms with Crippen LogP contribution in [0.1, 0.15) is 31.5 Å². The highest BCUT2D eigenvalue weighted by atomic mass is 35.5. The summed E-state index contributed by atoms with van der Waals surface area (Å²) in [5.41, 5.74) is 2.39. The molecule has 25 heavy (non-hydrogen) atoms. The molecule has 1 saturated heterocycles. The SMILES string of the molecule is O=C1CCCCCN1Cc1nnc(SC/C=C/Cl)n1-c1cccnc1. The van der Waals surface area contributed by atoms with Gasteiger partial charge in [-0.25, -0.2) is 0 Å². The topological polar surface area (TPSA) is 63.9 Å². The molecule has 3 rings (SSSR count). The molecule has 0 radical (unpaired) electrons. The Kier molecular flexibility index (Phi) is 6.47. The van der Waals surface area contributed by atoms with Crippen molar-refractivity contribution in [2.45, 2.75) is 37.4 Å². The molecule has 6 nitrogen and oxygen atoms in total. The molecule has 132 valence electrons. The van der Waals surface area contributed by atoms with Crippen molar-refractivity contribution >= 4 is 29.3 Å². The normalized spacial score (nSPS) is 15.7. The minimum Gasteiger partial charge on any atom is -0.335 e. The Balaban J connectivity index is 1.88. The van der Waals surface area contributed by atoms with Crippen LogP contribution in [-0.2, 0) is 11.3 Å². The highest BCUT2D eigenvalue weighted by Crippen LogP contribution is 2.23. The van der Waals surface area contributed by atoms with Crippen molar-refractivity contribution in [3.8, 4) is 5.69 Å². The maximum atomic E-state index is 12.3. The van der Waals surface area contributed by atoms with Gasteiger partial charge in [-0.15, -0.1) is 10.2 Å². The molecule has 0 aliphatic carbocycles. The highest BCUT2D eigenvalue weighted by Gasteiger charge is 2.21. The van der Waals surface area contributed by atoms with Gasteiger partial charge in [-0.3, -0.25) is 14.3 Å². The van der Waals surface area contributed by atoms with Crippen molar-refractivity contribution in [1.82, 2.24) is 24.6 Å². The number of nitrogens with zero attached hydrogens (tertiary/aromatic N) is 5. The number of carbonyl (C=O) groups excluding carboxylic acids is 1. The zero-order valence-electron chi connectivity index (χ0n) is 13.8. The molecule has 2 aromatic heterocycles. The Hall–Kier alpha value is -1.86. The first-order chi connectivity index (χ1) is 12.3. The van der Waals surface area contributed by atoms with Crippen molar-refractivity contribution in [2.24, 2.45) is 0 Å². The average molecular weight is 378 g/mol. The number of amides is 1. The fraction of sp³-hybridized carbons (Fsp3) is 0.412. The number of pyridine rings is 1. The maximum absolute atomic E-state index is 12.3. The van der Waals surface area contributed by atoms with E-state index in [1.165, 1.54) is 5.54 Å². The summed E-state index contributed by atoms with van der Waals surface area (Å²) in [5.74, 6) is 1.64. The van der Waals surface area contributed by atoms with Crippen LogP contribution in [0.2, 0.25) is 0 Å². The van der Waals surface area contributed by atoms with Crippen LogP contribution in [0.5, 0.6) is 0 Å². The summed E-state index contributed by atoms with van der Waals surface area (Å²) >= 11 is 7.14. The van der Waals surface area contributed by atoms with E-state index >= 15 is 0 Å². The number of hydrogen-bond donors (Lipinski definition) is 0. The molecule has 0 spiro atoms. The molecule has 1 aliphatic rings. The summed E-state index contributed by atoms with van der Waals surface area (Å²) in [4.78, 5) is 18.4. The number of likely N-dealkylation sites (tertiary alicyclic amines) is 1. The first-order valence-corrected chi connectivity index (χ1v) is 9.72. The predicted octanol–water partition coefficient (Wildman–Crippen LogP) is 3.41. The predicted molar refractivity (Wildman–Crippen MR) is 98.8 cm³/mol. The highest BCUT2D eigenvalue weighted by molar-refractivity contribution is 7.99. The number of thioether (sulfide) groups is 1. The van der Waals surface area contributed by atoms with E-state index < -0.39 is 0 Å². The second-order valence-electron chi connectivity index (χ2n) is 5.74. The molecule has 2 aromatic rings. The van der Waals surface area contributed by atoms with Crippen LogP contribution in [0.4, 0.5) is 0 Å². The van der Waals surface area contributed by atoms with E-state index in [-0.39, 0.29) is 5.91 Å². The van der Waals surface area contributed by atoms with E-state index in [9.17, 15) is 4.79 Å². The third-order valence-electron chi connectivity index (χ3n) is 4.01. The number of hydrogen-bond acceptors (Lipinski definition) is 5. The Labute approximate surface area is 156 Å². The van der Waals surface area contributed by atoms with Gasteiger partial charge in [0.2, 0.25) is 5.91 Å². The molecule has 3 heterocycles. The summed E-state index contributed by atoms with van der Waals surface area (Å²) in [5, 5.41) is 9.42. The van der Waals surface area contributed by atoms with E-state index in [0.29, 0.717) is 18.7 Å². The summed E-state index contributed by atoms with van der Waals surface area (Å²) in [6.45, 7) is 1.24. The van der Waals surface area contributed by atoms with Gasteiger partial charge in [0.15, 0.2) is 11.0 Å². The van der Waals surface area contributed by atoms with Gasteiger partial charge in [-0.1, -0.05) is 35.9 Å². The Morgan fingerprint density at radius 2 is 2.20 bits per heavy atom. The van der Waals surface area contributed by atoms with Crippen LogP contribution < -0.4 is 0 Å². The second kappa shape index (κ2) is 9.01. The standard InChI is InChI=1S/C17H20ClN5OS/c18-8-5-11-25-17-21-20-15(23(17)14-6-4-9-19-12-14)13-22-10-3-1-2-7-16(22)24/h4-6,8-9,12H,1-3,7,10-11,13H2/b8-5+.